The molecule has 0 bridgehead atoms. The third-order valence-corrected chi connectivity index (χ3v) is 2.73. The number of nitro benzene ring substituents is 1. The van der Waals surface area contributed by atoms with Gasteiger partial charge in [0.25, 0.3) is 0 Å². The molecule has 6 nitrogen and oxygen atoms in total. The van der Waals surface area contributed by atoms with Crippen molar-refractivity contribution in [2.24, 2.45) is 5.41 Å². The Morgan fingerprint density at radius 2 is 1.90 bits per heavy atom. The molecule has 0 amide bonds. The van der Waals surface area contributed by atoms with Crippen molar-refractivity contribution >= 4 is 17.6 Å². The Bertz CT molecular complexity index is 631. The van der Waals surface area contributed by atoms with Gasteiger partial charge in [-0.2, -0.15) is 4.39 Å². The first-order valence-corrected chi connectivity index (χ1v) is 5.94. The van der Waals surface area contributed by atoms with Crippen LogP contribution in [0, 0.1) is 21.3 Å². The molecule has 1 aromatic rings. The van der Waals surface area contributed by atoms with Crippen LogP contribution in [0.2, 0.25) is 0 Å². The van der Waals surface area contributed by atoms with Gasteiger partial charge in [0.2, 0.25) is 5.82 Å². The molecule has 0 fully saturated rings. The van der Waals surface area contributed by atoms with Crippen molar-refractivity contribution in [3.63, 3.8) is 0 Å². The standard InChI is InChI=1S/C14H14FNO5/c1-8(14(2,3)4)12(17)21-13(18)9-6-5-7-10(11(9)15)16(19)20/h5-7H,1H2,2-4H3. The summed E-state index contributed by atoms with van der Waals surface area (Å²) in [6.07, 6.45) is 0. The van der Waals surface area contributed by atoms with Gasteiger partial charge < -0.3 is 4.74 Å². The van der Waals surface area contributed by atoms with Crippen LogP contribution in [-0.4, -0.2) is 16.9 Å². The summed E-state index contributed by atoms with van der Waals surface area (Å²) in [5.74, 6) is -3.65. The molecule has 0 atom stereocenters. The van der Waals surface area contributed by atoms with Gasteiger partial charge >= 0.3 is 17.6 Å². The predicted molar refractivity (Wildman–Crippen MR) is 72.1 cm³/mol. The van der Waals surface area contributed by atoms with Gasteiger partial charge in [0, 0.05) is 11.6 Å². The van der Waals surface area contributed by atoms with Crippen molar-refractivity contribution in [1.29, 1.82) is 0 Å². The number of esters is 2. The molecule has 112 valence electrons. The van der Waals surface area contributed by atoms with Crippen molar-refractivity contribution in [3.05, 3.63) is 51.8 Å². The van der Waals surface area contributed by atoms with E-state index >= 15 is 0 Å². The molecule has 1 aromatic carbocycles. The highest BCUT2D eigenvalue weighted by molar-refractivity contribution is 6.02. The Morgan fingerprint density at radius 1 is 1.33 bits per heavy atom. The first-order chi connectivity index (χ1) is 9.55. The summed E-state index contributed by atoms with van der Waals surface area (Å²) in [6, 6.07) is 3.03. The summed E-state index contributed by atoms with van der Waals surface area (Å²) in [6.45, 7) is 8.58. The summed E-state index contributed by atoms with van der Waals surface area (Å²) in [5.41, 5.74) is -2.15. The van der Waals surface area contributed by atoms with Crippen molar-refractivity contribution < 1.29 is 23.6 Å². The van der Waals surface area contributed by atoms with E-state index in [0.717, 1.165) is 18.2 Å². The summed E-state index contributed by atoms with van der Waals surface area (Å²) in [7, 11) is 0. The number of ether oxygens (including phenoxy) is 1. The fourth-order valence-electron chi connectivity index (χ4n) is 1.33. The predicted octanol–water partition coefficient (Wildman–Crippen LogP) is 3.02. The number of halogens is 1. The molecule has 0 radical (unpaired) electrons. The fraction of sp³-hybridized carbons (Fsp3) is 0.286. The minimum absolute atomic E-state index is 0.0293. The number of hydrogen-bond donors (Lipinski definition) is 0. The van der Waals surface area contributed by atoms with Crippen molar-refractivity contribution in [2.45, 2.75) is 20.8 Å². The van der Waals surface area contributed by atoms with Crippen molar-refractivity contribution in [3.8, 4) is 0 Å². The van der Waals surface area contributed by atoms with Crippen LogP contribution in [0.25, 0.3) is 0 Å². The second-order valence-corrected chi connectivity index (χ2v) is 5.30. The lowest BCUT2D eigenvalue weighted by atomic mass is 9.88. The highest BCUT2D eigenvalue weighted by Crippen LogP contribution is 2.25. The first-order valence-electron chi connectivity index (χ1n) is 5.94. The monoisotopic (exact) mass is 295 g/mol. The molecular weight excluding hydrogens is 281 g/mol. The van der Waals surface area contributed by atoms with Crippen LogP contribution < -0.4 is 0 Å². The van der Waals surface area contributed by atoms with Crippen molar-refractivity contribution in [2.75, 3.05) is 0 Å². The van der Waals surface area contributed by atoms with Crippen LogP contribution in [-0.2, 0) is 9.53 Å². The highest BCUT2D eigenvalue weighted by atomic mass is 19.1. The molecule has 0 aliphatic carbocycles. The van der Waals surface area contributed by atoms with Crippen LogP contribution in [0.5, 0.6) is 0 Å². The van der Waals surface area contributed by atoms with E-state index in [-0.39, 0.29) is 5.57 Å². The van der Waals surface area contributed by atoms with Gasteiger partial charge in [0.15, 0.2) is 0 Å². The zero-order valence-corrected chi connectivity index (χ0v) is 11.8. The molecule has 0 spiro atoms. The minimum Gasteiger partial charge on any atom is -0.386 e. The largest absolute Gasteiger partial charge is 0.386 e. The Morgan fingerprint density at radius 3 is 2.38 bits per heavy atom. The number of rotatable bonds is 3. The first kappa shape index (κ1) is 16.5. The lowest BCUT2D eigenvalue weighted by Gasteiger charge is -2.19. The van der Waals surface area contributed by atoms with Gasteiger partial charge in [-0.05, 0) is 11.5 Å². The molecule has 0 unspecified atom stereocenters. The SMILES string of the molecule is C=C(C(=O)OC(=O)c1cccc([N+](=O)[O-])c1F)C(C)(C)C. The van der Waals surface area contributed by atoms with Crippen LogP contribution >= 0.6 is 0 Å². The normalized spacial score (nSPS) is 10.9. The van der Waals surface area contributed by atoms with E-state index in [1.54, 1.807) is 20.8 Å². The number of benzene rings is 1. The number of carbonyl (C=O) groups excluding carboxylic acids is 2. The van der Waals surface area contributed by atoms with E-state index < -0.39 is 39.3 Å². The van der Waals surface area contributed by atoms with Gasteiger partial charge in [-0.15, -0.1) is 0 Å². The topological polar surface area (TPSA) is 86.5 Å². The molecular formula is C14H14FNO5. The molecule has 21 heavy (non-hydrogen) atoms. The van der Waals surface area contributed by atoms with E-state index in [2.05, 4.69) is 11.3 Å². The molecule has 0 saturated carbocycles. The Hall–Kier alpha value is -2.57. The molecule has 0 aliphatic heterocycles. The fourth-order valence-corrected chi connectivity index (χ4v) is 1.33. The average molecular weight is 295 g/mol. The Kier molecular flexibility index (Phi) is 4.57. The quantitative estimate of drug-likeness (QED) is 0.281. The number of carbonyl (C=O) groups is 2. The van der Waals surface area contributed by atoms with Gasteiger partial charge in [0.1, 0.15) is 5.56 Å². The molecule has 0 heterocycles. The third kappa shape index (κ3) is 3.71. The zero-order chi connectivity index (χ0) is 16.4. The summed E-state index contributed by atoms with van der Waals surface area (Å²) in [5, 5.41) is 10.6. The minimum atomic E-state index is -1.35. The number of nitrogens with zero attached hydrogens (tertiary/aromatic N) is 1. The zero-order valence-electron chi connectivity index (χ0n) is 11.8. The molecule has 0 aromatic heterocycles. The molecule has 0 saturated heterocycles. The third-order valence-electron chi connectivity index (χ3n) is 2.73. The van der Waals surface area contributed by atoms with Gasteiger partial charge in [0.05, 0.1) is 4.92 Å². The maximum absolute atomic E-state index is 13.8. The van der Waals surface area contributed by atoms with Crippen LogP contribution in [0.3, 0.4) is 0 Å². The lowest BCUT2D eigenvalue weighted by molar-refractivity contribution is -0.387. The van der Waals surface area contributed by atoms with Crippen LogP contribution in [0.1, 0.15) is 31.1 Å². The number of nitro groups is 1. The second-order valence-electron chi connectivity index (χ2n) is 5.30. The molecule has 1 rings (SSSR count). The van der Waals surface area contributed by atoms with Crippen LogP contribution in [0.15, 0.2) is 30.4 Å². The highest BCUT2D eigenvalue weighted by Gasteiger charge is 2.28. The van der Waals surface area contributed by atoms with E-state index in [9.17, 15) is 24.1 Å². The Balaban J connectivity index is 3.01. The van der Waals surface area contributed by atoms with Crippen LogP contribution in [0.4, 0.5) is 10.1 Å². The van der Waals surface area contributed by atoms with Gasteiger partial charge in [-0.1, -0.05) is 33.4 Å². The van der Waals surface area contributed by atoms with E-state index in [1.807, 2.05) is 0 Å². The number of hydrogen-bond acceptors (Lipinski definition) is 5. The van der Waals surface area contributed by atoms with E-state index in [1.165, 1.54) is 0 Å². The summed E-state index contributed by atoms with van der Waals surface area (Å²) < 4.78 is 18.3. The Labute approximate surface area is 120 Å². The smallest absolute Gasteiger partial charge is 0.349 e. The van der Waals surface area contributed by atoms with E-state index in [0.29, 0.717) is 0 Å². The molecule has 0 N–H and O–H groups in total. The lowest BCUT2D eigenvalue weighted by Crippen LogP contribution is -2.22. The molecule has 0 aliphatic rings. The van der Waals surface area contributed by atoms with Gasteiger partial charge in [-0.25, -0.2) is 9.59 Å². The average Bonchev–Trinajstić information content (AvgIpc) is 2.36. The van der Waals surface area contributed by atoms with E-state index in [4.69, 9.17) is 0 Å². The maximum Gasteiger partial charge on any atom is 0.349 e. The summed E-state index contributed by atoms with van der Waals surface area (Å²) in [4.78, 5) is 33.1. The maximum atomic E-state index is 13.8. The molecule has 7 heteroatoms. The van der Waals surface area contributed by atoms with Crippen molar-refractivity contribution in [1.82, 2.24) is 0 Å². The summed E-state index contributed by atoms with van der Waals surface area (Å²) >= 11 is 0. The van der Waals surface area contributed by atoms with Gasteiger partial charge in [-0.3, -0.25) is 10.1 Å². The second kappa shape index (κ2) is 5.82.